The van der Waals surface area contributed by atoms with Crippen molar-refractivity contribution in [2.24, 2.45) is 23.0 Å². The Kier molecular flexibility index (Phi) is 2.06. The zero-order valence-electron chi connectivity index (χ0n) is 7.83. The van der Waals surface area contributed by atoms with E-state index in [1.165, 1.54) is 12.8 Å². The predicted molar refractivity (Wildman–Crippen MR) is 49.2 cm³/mol. The molecular formula is C10H17NO2. The van der Waals surface area contributed by atoms with Gasteiger partial charge in [0.1, 0.15) is 0 Å². The summed E-state index contributed by atoms with van der Waals surface area (Å²) < 4.78 is 0. The van der Waals surface area contributed by atoms with Crippen molar-refractivity contribution in [1.29, 1.82) is 0 Å². The Morgan fingerprint density at radius 3 is 2.23 bits per heavy atom. The summed E-state index contributed by atoms with van der Waals surface area (Å²) in [6.07, 6.45) is 4.98. The second kappa shape index (κ2) is 2.98. The van der Waals surface area contributed by atoms with E-state index in [1.807, 2.05) is 0 Å². The average molecular weight is 183 g/mol. The van der Waals surface area contributed by atoms with Crippen molar-refractivity contribution in [3.63, 3.8) is 0 Å². The van der Waals surface area contributed by atoms with Gasteiger partial charge in [0.2, 0.25) is 0 Å². The van der Waals surface area contributed by atoms with Crippen LogP contribution >= 0.6 is 0 Å². The standard InChI is InChI=1S/C10H17NO2/c11-6-10(5-9(12)13)3-7-1-2-8(7)4-10/h7-8H,1-6,11H2,(H,12,13)/t7-,8?,10?/m1/s1. The van der Waals surface area contributed by atoms with Gasteiger partial charge in [0.25, 0.3) is 0 Å². The number of hydrogen-bond acceptors (Lipinski definition) is 2. The Morgan fingerprint density at radius 1 is 1.38 bits per heavy atom. The zero-order valence-corrected chi connectivity index (χ0v) is 7.83. The first-order chi connectivity index (χ1) is 6.15. The molecule has 0 aliphatic heterocycles. The number of fused-ring (bicyclic) bond motifs is 1. The number of carboxylic acids is 1. The predicted octanol–water partition coefficient (Wildman–Crippen LogP) is 1.23. The molecule has 74 valence electrons. The number of carbonyl (C=O) groups is 1. The minimum atomic E-state index is -0.688. The van der Waals surface area contributed by atoms with E-state index in [9.17, 15) is 4.79 Å². The Balaban J connectivity index is 2.03. The van der Waals surface area contributed by atoms with E-state index in [-0.39, 0.29) is 11.8 Å². The van der Waals surface area contributed by atoms with Crippen LogP contribution in [0.25, 0.3) is 0 Å². The van der Waals surface area contributed by atoms with Gasteiger partial charge in [0.15, 0.2) is 0 Å². The molecule has 0 heterocycles. The average Bonchev–Trinajstić information content (AvgIpc) is 2.28. The largest absolute Gasteiger partial charge is 0.481 e. The summed E-state index contributed by atoms with van der Waals surface area (Å²) in [5.41, 5.74) is 5.65. The van der Waals surface area contributed by atoms with Crippen LogP contribution in [0.2, 0.25) is 0 Å². The van der Waals surface area contributed by atoms with Gasteiger partial charge < -0.3 is 10.8 Å². The minimum absolute atomic E-state index is 0.0579. The van der Waals surface area contributed by atoms with Crippen LogP contribution in [-0.4, -0.2) is 17.6 Å². The van der Waals surface area contributed by atoms with E-state index in [1.54, 1.807) is 0 Å². The third kappa shape index (κ3) is 1.46. The molecule has 3 atom stereocenters. The van der Waals surface area contributed by atoms with E-state index in [2.05, 4.69) is 0 Å². The molecule has 2 unspecified atom stereocenters. The van der Waals surface area contributed by atoms with E-state index in [0.29, 0.717) is 6.54 Å². The highest BCUT2D eigenvalue weighted by molar-refractivity contribution is 5.67. The highest BCUT2D eigenvalue weighted by atomic mass is 16.4. The van der Waals surface area contributed by atoms with Gasteiger partial charge in [-0.1, -0.05) is 0 Å². The molecule has 0 aromatic rings. The lowest BCUT2D eigenvalue weighted by molar-refractivity contribution is -0.139. The van der Waals surface area contributed by atoms with E-state index in [4.69, 9.17) is 10.8 Å². The van der Waals surface area contributed by atoms with Crippen molar-refractivity contribution in [3.05, 3.63) is 0 Å². The van der Waals surface area contributed by atoms with Crippen LogP contribution in [0.5, 0.6) is 0 Å². The van der Waals surface area contributed by atoms with Crippen molar-refractivity contribution in [2.75, 3.05) is 6.54 Å². The molecule has 3 nitrogen and oxygen atoms in total. The van der Waals surface area contributed by atoms with Crippen molar-refractivity contribution in [1.82, 2.24) is 0 Å². The fourth-order valence-electron chi connectivity index (χ4n) is 3.08. The molecule has 0 radical (unpaired) electrons. The summed E-state index contributed by atoms with van der Waals surface area (Å²) in [5.74, 6) is 0.901. The molecule has 0 spiro atoms. The molecule has 13 heavy (non-hydrogen) atoms. The maximum atomic E-state index is 10.7. The first-order valence-electron chi connectivity index (χ1n) is 5.07. The molecule has 0 saturated heterocycles. The van der Waals surface area contributed by atoms with Gasteiger partial charge in [0, 0.05) is 0 Å². The summed E-state index contributed by atoms with van der Waals surface area (Å²) in [5, 5.41) is 8.81. The molecule has 2 aliphatic carbocycles. The summed E-state index contributed by atoms with van der Waals surface area (Å²) >= 11 is 0. The first kappa shape index (κ1) is 9.00. The van der Waals surface area contributed by atoms with E-state index < -0.39 is 5.97 Å². The Labute approximate surface area is 78.3 Å². The van der Waals surface area contributed by atoms with Crippen LogP contribution in [0.3, 0.4) is 0 Å². The minimum Gasteiger partial charge on any atom is -0.481 e. The van der Waals surface area contributed by atoms with Crippen molar-refractivity contribution in [2.45, 2.75) is 32.1 Å². The molecule has 0 aromatic heterocycles. The maximum Gasteiger partial charge on any atom is 0.303 e. The van der Waals surface area contributed by atoms with E-state index >= 15 is 0 Å². The lowest BCUT2D eigenvalue weighted by atomic mass is 9.77. The van der Waals surface area contributed by atoms with Gasteiger partial charge in [-0.15, -0.1) is 0 Å². The molecular weight excluding hydrogens is 166 g/mol. The highest BCUT2D eigenvalue weighted by Crippen LogP contribution is 2.56. The smallest absolute Gasteiger partial charge is 0.303 e. The third-order valence-corrected chi connectivity index (χ3v) is 3.92. The summed E-state index contributed by atoms with van der Waals surface area (Å²) in [7, 11) is 0. The number of carboxylic acid groups (broad SMARTS) is 1. The fourth-order valence-corrected chi connectivity index (χ4v) is 3.08. The maximum absolute atomic E-state index is 10.7. The van der Waals surface area contributed by atoms with Gasteiger partial charge in [0.05, 0.1) is 6.42 Å². The summed E-state index contributed by atoms with van der Waals surface area (Å²) in [4.78, 5) is 10.7. The lowest BCUT2D eigenvalue weighted by Gasteiger charge is -2.29. The normalized spacial score (nSPS) is 42.5. The first-order valence-corrected chi connectivity index (χ1v) is 5.07. The Morgan fingerprint density at radius 2 is 1.92 bits per heavy atom. The molecule has 2 fully saturated rings. The van der Waals surface area contributed by atoms with Crippen LogP contribution < -0.4 is 5.73 Å². The van der Waals surface area contributed by atoms with Gasteiger partial charge >= 0.3 is 5.97 Å². The molecule has 3 heteroatoms. The topological polar surface area (TPSA) is 63.3 Å². The molecule has 0 amide bonds. The summed E-state index contributed by atoms with van der Waals surface area (Å²) in [6.45, 7) is 0.548. The van der Waals surface area contributed by atoms with Crippen LogP contribution in [0.4, 0.5) is 0 Å². The van der Waals surface area contributed by atoms with Crippen molar-refractivity contribution < 1.29 is 9.90 Å². The van der Waals surface area contributed by atoms with E-state index in [0.717, 1.165) is 24.7 Å². The van der Waals surface area contributed by atoms with Gasteiger partial charge in [-0.05, 0) is 49.5 Å². The monoisotopic (exact) mass is 183 g/mol. The number of aliphatic carboxylic acids is 1. The molecule has 2 saturated carbocycles. The summed E-state index contributed by atoms with van der Waals surface area (Å²) in [6, 6.07) is 0. The highest BCUT2D eigenvalue weighted by Gasteiger charge is 2.49. The zero-order chi connectivity index (χ0) is 9.47. The van der Waals surface area contributed by atoms with Crippen molar-refractivity contribution >= 4 is 5.97 Å². The fraction of sp³-hybridized carbons (Fsp3) is 0.900. The van der Waals surface area contributed by atoms with Crippen molar-refractivity contribution in [3.8, 4) is 0 Å². The molecule has 0 bridgehead atoms. The molecule has 2 rings (SSSR count). The van der Waals surface area contributed by atoms with Crippen LogP contribution in [-0.2, 0) is 4.79 Å². The van der Waals surface area contributed by atoms with Crippen LogP contribution in [0, 0.1) is 17.3 Å². The number of rotatable bonds is 3. The molecule has 0 aromatic carbocycles. The van der Waals surface area contributed by atoms with Gasteiger partial charge in [-0.2, -0.15) is 0 Å². The molecule has 2 aliphatic rings. The Bertz CT molecular complexity index is 215. The second-order valence-corrected chi connectivity index (χ2v) is 4.78. The third-order valence-electron chi connectivity index (χ3n) is 3.92. The quantitative estimate of drug-likeness (QED) is 0.691. The van der Waals surface area contributed by atoms with Crippen LogP contribution in [0.1, 0.15) is 32.1 Å². The van der Waals surface area contributed by atoms with Crippen LogP contribution in [0.15, 0.2) is 0 Å². The van der Waals surface area contributed by atoms with Gasteiger partial charge in [-0.25, -0.2) is 0 Å². The SMILES string of the molecule is NCC1(CC(=O)O)CC2CC[C@@H]2C1. The number of nitrogens with two attached hydrogens (primary N) is 1. The lowest BCUT2D eigenvalue weighted by Crippen LogP contribution is -2.30. The second-order valence-electron chi connectivity index (χ2n) is 4.78. The van der Waals surface area contributed by atoms with Gasteiger partial charge in [-0.3, -0.25) is 4.79 Å². The number of hydrogen-bond donors (Lipinski definition) is 2. The molecule has 3 N–H and O–H groups in total. The Hall–Kier alpha value is -0.570.